The van der Waals surface area contributed by atoms with E-state index in [4.69, 9.17) is 9.47 Å². The molecule has 1 aromatic carbocycles. The van der Waals surface area contributed by atoms with Gasteiger partial charge in [-0.25, -0.2) is 4.79 Å². The van der Waals surface area contributed by atoms with Crippen LogP contribution in [0.15, 0.2) is 49.1 Å². The van der Waals surface area contributed by atoms with E-state index in [0.29, 0.717) is 11.3 Å². The Morgan fingerprint density at radius 1 is 1.19 bits per heavy atom. The molecule has 0 heterocycles. The predicted molar refractivity (Wildman–Crippen MR) is 128 cm³/mol. The van der Waals surface area contributed by atoms with Crippen molar-refractivity contribution in [2.75, 3.05) is 7.11 Å². The highest BCUT2D eigenvalue weighted by Crippen LogP contribution is 2.26. The van der Waals surface area contributed by atoms with E-state index in [1.807, 2.05) is 6.08 Å². The molecule has 5 nitrogen and oxygen atoms in total. The van der Waals surface area contributed by atoms with Crippen molar-refractivity contribution in [3.05, 3.63) is 54.6 Å². The summed E-state index contributed by atoms with van der Waals surface area (Å²) in [7, 11) is 1.45. The summed E-state index contributed by atoms with van der Waals surface area (Å²) >= 11 is 0. The van der Waals surface area contributed by atoms with E-state index >= 15 is 0 Å². The number of allylic oxidation sites excluding steroid dienone is 1. The highest BCUT2D eigenvalue weighted by molar-refractivity contribution is 5.87. The number of hydrogen-bond acceptors (Lipinski definition) is 5. The van der Waals surface area contributed by atoms with E-state index in [-0.39, 0.29) is 5.75 Å². The normalized spacial score (nSPS) is 12.3. The summed E-state index contributed by atoms with van der Waals surface area (Å²) in [6, 6.07) is 4.74. The number of carbonyl (C=O) groups excluding carboxylic acids is 1. The van der Waals surface area contributed by atoms with Gasteiger partial charge in [-0.1, -0.05) is 63.3 Å². The van der Waals surface area contributed by atoms with Gasteiger partial charge < -0.3 is 19.7 Å². The number of benzene rings is 1. The quantitative estimate of drug-likeness (QED) is 0.162. The van der Waals surface area contributed by atoms with Crippen LogP contribution in [0.2, 0.25) is 0 Å². The van der Waals surface area contributed by atoms with Gasteiger partial charge in [0.05, 0.1) is 7.11 Å². The Hall–Kier alpha value is -3.41. The van der Waals surface area contributed by atoms with Crippen molar-refractivity contribution in [1.29, 1.82) is 0 Å². The number of aliphatic hydroxyl groups excluding tert-OH is 1. The Kier molecular flexibility index (Phi) is 13.6. The second kappa shape index (κ2) is 16.3. The molecule has 2 atom stereocenters. The molecule has 1 aromatic rings. The molecule has 0 unspecified atom stereocenters. The lowest BCUT2D eigenvalue weighted by molar-refractivity contribution is -0.138. The average Bonchev–Trinajstić information content (AvgIpc) is 2.80. The van der Waals surface area contributed by atoms with Crippen molar-refractivity contribution >= 4 is 12.0 Å². The molecule has 0 radical (unpaired) electrons. The van der Waals surface area contributed by atoms with Crippen molar-refractivity contribution in [1.82, 2.24) is 0 Å². The molecule has 0 aromatic heterocycles. The van der Waals surface area contributed by atoms with Crippen LogP contribution in [0.1, 0.15) is 51.0 Å². The maximum absolute atomic E-state index is 12.3. The lowest BCUT2D eigenvalue weighted by Crippen LogP contribution is -2.12. The zero-order valence-electron chi connectivity index (χ0n) is 18.8. The van der Waals surface area contributed by atoms with Crippen LogP contribution in [0.4, 0.5) is 0 Å². The molecule has 0 amide bonds. The van der Waals surface area contributed by atoms with E-state index in [2.05, 4.69) is 37.2 Å². The SMILES string of the molecule is C=C[C@H](O)C#CC#C[C@@H](/C=C\CCCCCCC)OC(=O)/C=C/c1ccc(O)c(OC)c1. The molecule has 0 fully saturated rings. The Morgan fingerprint density at radius 3 is 2.66 bits per heavy atom. The van der Waals surface area contributed by atoms with Gasteiger partial charge in [0.2, 0.25) is 0 Å². The van der Waals surface area contributed by atoms with Crippen LogP contribution in [0.5, 0.6) is 11.5 Å². The topological polar surface area (TPSA) is 76.0 Å². The van der Waals surface area contributed by atoms with Crippen LogP contribution < -0.4 is 4.74 Å². The minimum absolute atomic E-state index is 0.0186. The van der Waals surface area contributed by atoms with E-state index in [1.54, 1.807) is 24.3 Å². The summed E-state index contributed by atoms with van der Waals surface area (Å²) in [5.41, 5.74) is 0.672. The highest BCUT2D eigenvalue weighted by atomic mass is 16.5. The van der Waals surface area contributed by atoms with Crippen LogP contribution in [0.25, 0.3) is 6.08 Å². The number of unbranched alkanes of at least 4 members (excludes halogenated alkanes) is 5. The van der Waals surface area contributed by atoms with E-state index in [0.717, 1.165) is 19.3 Å². The first-order valence-electron chi connectivity index (χ1n) is 10.7. The Bertz CT molecular complexity index is 905. The Balaban J connectivity index is 2.77. The van der Waals surface area contributed by atoms with Gasteiger partial charge >= 0.3 is 5.97 Å². The third kappa shape index (κ3) is 11.7. The smallest absolute Gasteiger partial charge is 0.332 e. The van der Waals surface area contributed by atoms with E-state index in [9.17, 15) is 15.0 Å². The zero-order chi connectivity index (χ0) is 23.6. The second-order valence-corrected chi connectivity index (χ2v) is 6.97. The van der Waals surface area contributed by atoms with Crippen molar-refractivity contribution in [2.45, 2.75) is 57.7 Å². The fourth-order valence-electron chi connectivity index (χ4n) is 2.61. The maximum atomic E-state index is 12.3. The number of aromatic hydroxyl groups is 1. The summed E-state index contributed by atoms with van der Waals surface area (Å²) in [5.74, 6) is 10.2. The third-order valence-electron chi connectivity index (χ3n) is 4.36. The molecule has 0 aliphatic rings. The number of ether oxygens (including phenoxy) is 2. The van der Waals surface area contributed by atoms with Gasteiger partial charge in [-0.15, -0.1) is 0 Å². The molecule has 0 spiro atoms. The summed E-state index contributed by atoms with van der Waals surface area (Å²) in [6.45, 7) is 5.62. The number of rotatable bonds is 12. The second-order valence-electron chi connectivity index (χ2n) is 6.97. The predicted octanol–water partition coefficient (Wildman–Crippen LogP) is 4.80. The minimum Gasteiger partial charge on any atom is -0.504 e. The highest BCUT2D eigenvalue weighted by Gasteiger charge is 2.06. The lowest BCUT2D eigenvalue weighted by Gasteiger charge is -2.06. The van der Waals surface area contributed by atoms with Crippen LogP contribution in [-0.4, -0.2) is 35.5 Å². The van der Waals surface area contributed by atoms with E-state index in [1.165, 1.54) is 44.6 Å². The molecule has 1 rings (SSSR count). The molecule has 2 N–H and O–H groups in total. The van der Waals surface area contributed by atoms with Gasteiger partial charge in [-0.05, 0) is 60.5 Å². The van der Waals surface area contributed by atoms with Crippen molar-refractivity contribution in [3.8, 4) is 35.2 Å². The molecular weight excluding hydrogens is 404 g/mol. The molecule has 0 saturated heterocycles. The standard InChI is InChI=1S/C27H32O5/c1-4-6-7-8-9-10-11-15-24(16-13-12-14-23(28)5-2)32-27(30)20-18-22-17-19-25(29)26(21-22)31-3/h5,11,15,17-21,23-24,28-29H,2,4,6-10H2,1,3H3/b15-11-,20-18+/t23-,24+/m0/s1. The van der Waals surface area contributed by atoms with Gasteiger partial charge in [-0.2, -0.15) is 0 Å². The van der Waals surface area contributed by atoms with Crippen molar-refractivity contribution in [3.63, 3.8) is 0 Å². The summed E-state index contributed by atoms with van der Waals surface area (Å²) in [5, 5.41) is 19.0. The largest absolute Gasteiger partial charge is 0.504 e. The van der Waals surface area contributed by atoms with Crippen LogP contribution in [-0.2, 0) is 9.53 Å². The Morgan fingerprint density at radius 2 is 1.94 bits per heavy atom. The van der Waals surface area contributed by atoms with Gasteiger partial charge in [0.25, 0.3) is 0 Å². The first-order chi connectivity index (χ1) is 15.5. The Labute approximate surface area is 191 Å². The third-order valence-corrected chi connectivity index (χ3v) is 4.36. The first-order valence-corrected chi connectivity index (χ1v) is 10.7. The minimum atomic E-state index is -0.950. The van der Waals surface area contributed by atoms with Gasteiger partial charge in [0.1, 0.15) is 6.10 Å². The molecule has 0 aliphatic heterocycles. The van der Waals surface area contributed by atoms with Gasteiger partial charge in [0, 0.05) is 6.08 Å². The number of aliphatic hydroxyl groups is 1. The van der Waals surface area contributed by atoms with Crippen LogP contribution >= 0.6 is 0 Å². The molecule has 170 valence electrons. The number of carbonyl (C=O) groups is 1. The number of esters is 1. The maximum Gasteiger partial charge on any atom is 0.332 e. The molecular formula is C27H32O5. The molecule has 0 aliphatic carbocycles. The fraction of sp³-hybridized carbons (Fsp3) is 0.370. The summed E-state index contributed by atoms with van der Waals surface area (Å²) < 4.78 is 10.5. The number of phenols is 1. The molecule has 5 heteroatoms. The van der Waals surface area contributed by atoms with Crippen LogP contribution in [0.3, 0.4) is 0 Å². The van der Waals surface area contributed by atoms with Crippen molar-refractivity contribution in [2.24, 2.45) is 0 Å². The molecule has 32 heavy (non-hydrogen) atoms. The van der Waals surface area contributed by atoms with Gasteiger partial charge in [0.15, 0.2) is 17.6 Å². The van der Waals surface area contributed by atoms with Gasteiger partial charge in [-0.3, -0.25) is 0 Å². The monoisotopic (exact) mass is 436 g/mol. The number of phenolic OH excluding ortho intramolecular Hbond substituents is 1. The first kappa shape index (κ1) is 26.6. The van der Waals surface area contributed by atoms with Crippen LogP contribution in [0, 0.1) is 23.7 Å². The number of hydrogen-bond donors (Lipinski definition) is 2. The zero-order valence-corrected chi connectivity index (χ0v) is 18.8. The summed E-state index contributed by atoms with van der Waals surface area (Å²) in [4.78, 5) is 12.3. The van der Waals surface area contributed by atoms with E-state index < -0.39 is 18.2 Å². The molecule has 0 saturated carbocycles. The molecule has 0 bridgehead atoms. The fourth-order valence-corrected chi connectivity index (χ4v) is 2.61. The summed E-state index contributed by atoms with van der Waals surface area (Å²) in [6.07, 6.45) is 12.9. The lowest BCUT2D eigenvalue weighted by atomic mass is 10.1. The average molecular weight is 437 g/mol. The number of methoxy groups -OCH3 is 1. The van der Waals surface area contributed by atoms with Crippen molar-refractivity contribution < 1.29 is 24.5 Å².